The minimum atomic E-state index is -0.824. The van der Waals surface area contributed by atoms with E-state index in [0.29, 0.717) is 53.6 Å². The predicted octanol–water partition coefficient (Wildman–Crippen LogP) is 5.10. The number of carbonyl (C=O) groups is 1. The fourth-order valence-corrected chi connectivity index (χ4v) is 4.91. The molecule has 4 rings (SSSR count). The van der Waals surface area contributed by atoms with E-state index in [1.54, 1.807) is 6.07 Å². The lowest BCUT2D eigenvalue weighted by molar-refractivity contribution is -0.386. The maximum atomic E-state index is 13.7. The molecule has 0 spiro atoms. The first-order valence-corrected chi connectivity index (χ1v) is 11.5. The number of likely N-dealkylation sites (tertiary alicyclic amines) is 1. The first kappa shape index (κ1) is 23.0. The van der Waals surface area contributed by atoms with Crippen LogP contribution in [0, 0.1) is 22.0 Å². The van der Waals surface area contributed by atoms with Gasteiger partial charge in [0.05, 0.1) is 16.6 Å². The monoisotopic (exact) mass is 453 g/mol. The van der Waals surface area contributed by atoms with Crippen molar-refractivity contribution in [2.24, 2.45) is 11.8 Å². The highest BCUT2D eigenvalue weighted by molar-refractivity contribution is 5.96. The number of anilines is 1. The van der Waals surface area contributed by atoms with Crippen LogP contribution in [0.5, 0.6) is 11.5 Å². The van der Waals surface area contributed by atoms with Gasteiger partial charge in [-0.25, -0.2) is 0 Å². The van der Waals surface area contributed by atoms with Crippen molar-refractivity contribution in [1.82, 2.24) is 4.90 Å². The molecule has 8 heteroatoms. The van der Waals surface area contributed by atoms with E-state index in [-0.39, 0.29) is 18.4 Å². The van der Waals surface area contributed by atoms with Crippen LogP contribution in [0.4, 0.5) is 11.4 Å². The highest BCUT2D eigenvalue weighted by atomic mass is 16.7. The van der Waals surface area contributed by atoms with E-state index < -0.39 is 11.0 Å². The number of carbonyl (C=O) groups excluding carboxylic acids is 1. The van der Waals surface area contributed by atoms with Gasteiger partial charge >= 0.3 is 0 Å². The Labute approximate surface area is 194 Å². The predicted molar refractivity (Wildman–Crippen MR) is 126 cm³/mol. The molecule has 2 heterocycles. The van der Waals surface area contributed by atoms with Crippen LogP contribution in [-0.2, 0) is 4.79 Å². The van der Waals surface area contributed by atoms with Gasteiger partial charge in [-0.05, 0) is 47.9 Å². The van der Waals surface area contributed by atoms with Gasteiger partial charge in [0, 0.05) is 18.8 Å². The molecule has 0 radical (unpaired) electrons. The zero-order valence-electron chi connectivity index (χ0n) is 19.5. The molecule has 2 aromatic carbocycles. The highest BCUT2D eigenvalue weighted by Crippen LogP contribution is 2.43. The number of nitro benzene ring substituents is 1. The molecular weight excluding hydrogens is 422 g/mol. The molecule has 2 aliphatic rings. The Morgan fingerprint density at radius 2 is 1.70 bits per heavy atom. The fraction of sp³-hybridized carbons (Fsp3) is 0.480. The molecule has 3 unspecified atom stereocenters. The lowest BCUT2D eigenvalue weighted by Gasteiger charge is -2.39. The van der Waals surface area contributed by atoms with Crippen LogP contribution in [0.1, 0.15) is 57.2 Å². The summed E-state index contributed by atoms with van der Waals surface area (Å²) in [5, 5.41) is 15.0. The summed E-state index contributed by atoms with van der Waals surface area (Å²) in [6, 6.07) is 9.87. The first-order valence-electron chi connectivity index (χ1n) is 11.5. The number of fused-ring (bicyclic) bond motifs is 1. The Hall–Kier alpha value is -3.13. The SMILES string of the molecule is CC1CC(C)CN(C(C(=O)Nc2ccc(C(C)C)cc2)c2cc3c(cc2[N+](=O)[O-])OCO3)C1. The van der Waals surface area contributed by atoms with Crippen LogP contribution in [0.25, 0.3) is 0 Å². The lowest BCUT2D eigenvalue weighted by Crippen LogP contribution is -2.45. The van der Waals surface area contributed by atoms with E-state index >= 15 is 0 Å². The Morgan fingerprint density at radius 3 is 2.27 bits per heavy atom. The Morgan fingerprint density at radius 1 is 1.09 bits per heavy atom. The zero-order chi connectivity index (χ0) is 23.7. The van der Waals surface area contributed by atoms with E-state index in [4.69, 9.17) is 9.47 Å². The van der Waals surface area contributed by atoms with Crippen molar-refractivity contribution >= 4 is 17.3 Å². The van der Waals surface area contributed by atoms with Gasteiger partial charge in [0.1, 0.15) is 6.04 Å². The number of amides is 1. The van der Waals surface area contributed by atoms with Gasteiger partial charge in [-0.15, -0.1) is 0 Å². The summed E-state index contributed by atoms with van der Waals surface area (Å²) in [5.74, 6) is 1.60. The van der Waals surface area contributed by atoms with Gasteiger partial charge in [0.25, 0.3) is 5.69 Å². The van der Waals surface area contributed by atoms with Gasteiger partial charge in [-0.2, -0.15) is 0 Å². The van der Waals surface area contributed by atoms with Crippen LogP contribution in [0.15, 0.2) is 36.4 Å². The van der Waals surface area contributed by atoms with E-state index in [1.165, 1.54) is 11.6 Å². The molecule has 8 nitrogen and oxygen atoms in total. The van der Waals surface area contributed by atoms with E-state index in [0.717, 1.165) is 6.42 Å². The number of ether oxygens (including phenoxy) is 2. The minimum Gasteiger partial charge on any atom is -0.454 e. The Balaban J connectivity index is 1.73. The van der Waals surface area contributed by atoms with Gasteiger partial charge in [-0.3, -0.25) is 19.8 Å². The molecule has 1 saturated heterocycles. The van der Waals surface area contributed by atoms with Crippen molar-refractivity contribution < 1.29 is 19.2 Å². The zero-order valence-corrected chi connectivity index (χ0v) is 19.5. The summed E-state index contributed by atoms with van der Waals surface area (Å²) in [5.41, 5.74) is 2.02. The van der Waals surface area contributed by atoms with Gasteiger partial charge < -0.3 is 14.8 Å². The smallest absolute Gasteiger partial charge is 0.278 e. The molecule has 0 bridgehead atoms. The van der Waals surface area contributed by atoms with Gasteiger partial charge in [0.2, 0.25) is 12.7 Å². The summed E-state index contributed by atoms with van der Waals surface area (Å²) in [4.78, 5) is 27.3. The van der Waals surface area contributed by atoms with E-state index in [9.17, 15) is 14.9 Å². The van der Waals surface area contributed by atoms with Crippen LogP contribution >= 0.6 is 0 Å². The molecule has 0 aliphatic carbocycles. The second-order valence-electron chi connectivity index (χ2n) is 9.59. The molecule has 0 aromatic heterocycles. The molecule has 3 atom stereocenters. The summed E-state index contributed by atoms with van der Waals surface area (Å²) in [7, 11) is 0. The number of nitrogens with zero attached hydrogens (tertiary/aromatic N) is 2. The largest absolute Gasteiger partial charge is 0.454 e. The van der Waals surface area contributed by atoms with Crippen LogP contribution in [0.2, 0.25) is 0 Å². The molecule has 176 valence electrons. The maximum absolute atomic E-state index is 13.7. The normalized spacial score (nSPS) is 21.1. The quantitative estimate of drug-likeness (QED) is 0.483. The number of hydrogen-bond donors (Lipinski definition) is 1. The second-order valence-corrected chi connectivity index (χ2v) is 9.59. The molecule has 1 fully saturated rings. The van der Waals surface area contributed by atoms with Crippen LogP contribution in [-0.4, -0.2) is 35.6 Å². The van der Waals surface area contributed by atoms with Crippen molar-refractivity contribution in [2.45, 2.75) is 46.1 Å². The molecule has 1 N–H and O–H groups in total. The van der Waals surface area contributed by atoms with Crippen molar-refractivity contribution in [1.29, 1.82) is 0 Å². The average Bonchev–Trinajstić information content (AvgIpc) is 3.20. The fourth-order valence-electron chi connectivity index (χ4n) is 4.91. The summed E-state index contributed by atoms with van der Waals surface area (Å²) in [6.07, 6.45) is 1.06. The molecule has 2 aromatic rings. The number of nitrogens with one attached hydrogen (secondary N) is 1. The molecule has 2 aliphatic heterocycles. The minimum absolute atomic E-state index is 0.00673. The van der Waals surface area contributed by atoms with Crippen LogP contribution < -0.4 is 14.8 Å². The molecule has 33 heavy (non-hydrogen) atoms. The number of benzene rings is 2. The van der Waals surface area contributed by atoms with Crippen molar-refractivity contribution in [3.8, 4) is 11.5 Å². The lowest BCUT2D eigenvalue weighted by atomic mass is 9.89. The topological polar surface area (TPSA) is 93.9 Å². The first-order chi connectivity index (χ1) is 15.7. The molecule has 0 saturated carbocycles. The third kappa shape index (κ3) is 4.95. The Bertz CT molecular complexity index is 1030. The van der Waals surface area contributed by atoms with Crippen molar-refractivity contribution in [3.63, 3.8) is 0 Å². The van der Waals surface area contributed by atoms with E-state index in [2.05, 4.69) is 37.9 Å². The standard InChI is InChI=1S/C25H31N3O5/c1-15(2)18-5-7-19(8-6-18)26-25(29)24(27-12-16(3)9-17(4)13-27)20-10-22-23(33-14-32-22)11-21(20)28(30)31/h5-8,10-11,15-17,24H,9,12-14H2,1-4H3,(H,26,29). The number of nitro groups is 1. The maximum Gasteiger partial charge on any atom is 0.278 e. The van der Waals surface area contributed by atoms with E-state index in [1.807, 2.05) is 24.3 Å². The number of rotatable bonds is 6. The summed E-state index contributed by atoms with van der Waals surface area (Å²) >= 11 is 0. The van der Waals surface area contributed by atoms with Crippen molar-refractivity contribution in [3.05, 3.63) is 57.6 Å². The highest BCUT2D eigenvalue weighted by Gasteiger charge is 2.38. The summed E-state index contributed by atoms with van der Waals surface area (Å²) < 4.78 is 10.8. The molecule has 1 amide bonds. The van der Waals surface area contributed by atoms with Crippen molar-refractivity contribution in [2.75, 3.05) is 25.2 Å². The van der Waals surface area contributed by atoms with Gasteiger partial charge in [-0.1, -0.05) is 39.8 Å². The number of piperidine rings is 1. The third-order valence-corrected chi connectivity index (χ3v) is 6.37. The molecular formula is C25H31N3O5. The number of hydrogen-bond acceptors (Lipinski definition) is 6. The van der Waals surface area contributed by atoms with Gasteiger partial charge in [0.15, 0.2) is 11.5 Å². The third-order valence-electron chi connectivity index (χ3n) is 6.37. The average molecular weight is 454 g/mol. The van der Waals surface area contributed by atoms with Crippen LogP contribution in [0.3, 0.4) is 0 Å². The second kappa shape index (κ2) is 9.39. The Kier molecular flexibility index (Phi) is 6.56. The summed E-state index contributed by atoms with van der Waals surface area (Å²) in [6.45, 7) is 9.89.